The average molecular weight is 368 g/mol. The third-order valence-corrected chi connectivity index (χ3v) is 4.31. The van der Waals surface area contributed by atoms with Crippen molar-refractivity contribution in [2.45, 2.75) is 25.4 Å². The molecule has 1 fully saturated rings. The average Bonchev–Trinajstić information content (AvgIpc) is 3.13. The van der Waals surface area contributed by atoms with Gasteiger partial charge in [0.05, 0.1) is 6.33 Å². The fourth-order valence-electron chi connectivity index (χ4n) is 1.48. The third kappa shape index (κ3) is 2.79. The molecular formula is C10H11ClIN3O2. The summed E-state index contributed by atoms with van der Waals surface area (Å²) < 4.78 is 1.63. The second-order valence-electron chi connectivity index (χ2n) is 4.02. The molecule has 0 aliphatic heterocycles. The van der Waals surface area contributed by atoms with Gasteiger partial charge in [-0.05, 0) is 35.4 Å². The molecule has 1 heterocycles. The van der Waals surface area contributed by atoms with Crippen molar-refractivity contribution in [3.63, 3.8) is 0 Å². The molecule has 2 rings (SSSR count). The standard InChI is InChI=1S/C10H11ClIN3O2/c1-14(6-2-3-6)7(16)4-15-5-13-9(11)8(12)10(15)17/h5-6H,2-4H2,1H3. The molecule has 5 nitrogen and oxygen atoms in total. The second-order valence-corrected chi connectivity index (χ2v) is 5.45. The van der Waals surface area contributed by atoms with Crippen LogP contribution in [0.3, 0.4) is 0 Å². The molecule has 1 aliphatic rings. The second kappa shape index (κ2) is 4.93. The van der Waals surface area contributed by atoms with Crippen molar-refractivity contribution in [1.29, 1.82) is 0 Å². The zero-order valence-corrected chi connectivity index (χ0v) is 12.1. The molecule has 1 aromatic rings. The van der Waals surface area contributed by atoms with Crippen LogP contribution in [-0.2, 0) is 11.3 Å². The van der Waals surface area contributed by atoms with E-state index in [9.17, 15) is 9.59 Å². The summed E-state index contributed by atoms with van der Waals surface area (Å²) in [4.78, 5) is 29.2. The van der Waals surface area contributed by atoms with E-state index in [0.717, 1.165) is 12.8 Å². The molecule has 0 unspecified atom stereocenters. The van der Waals surface area contributed by atoms with Crippen LogP contribution in [0.25, 0.3) is 0 Å². The van der Waals surface area contributed by atoms with Gasteiger partial charge in [0.2, 0.25) is 5.91 Å². The van der Waals surface area contributed by atoms with Gasteiger partial charge in [-0.3, -0.25) is 14.2 Å². The molecule has 1 aromatic heterocycles. The Morgan fingerprint density at radius 2 is 2.35 bits per heavy atom. The number of carbonyl (C=O) groups is 1. The van der Waals surface area contributed by atoms with Crippen LogP contribution in [0.5, 0.6) is 0 Å². The van der Waals surface area contributed by atoms with Gasteiger partial charge >= 0.3 is 0 Å². The van der Waals surface area contributed by atoms with Crippen molar-refractivity contribution >= 4 is 40.1 Å². The summed E-state index contributed by atoms with van der Waals surface area (Å²) in [5.74, 6) is -0.0745. The van der Waals surface area contributed by atoms with Crippen LogP contribution in [0.2, 0.25) is 5.15 Å². The predicted octanol–water partition coefficient (Wildman–Crippen LogP) is 1.12. The van der Waals surface area contributed by atoms with Gasteiger partial charge in [0.15, 0.2) is 0 Å². The SMILES string of the molecule is CN(C(=O)Cn1cnc(Cl)c(I)c1=O)C1CC1. The Morgan fingerprint density at radius 1 is 1.71 bits per heavy atom. The Hall–Kier alpha value is -0.630. The van der Waals surface area contributed by atoms with Gasteiger partial charge in [-0.1, -0.05) is 11.6 Å². The number of carbonyl (C=O) groups excluding carboxylic acids is 1. The van der Waals surface area contributed by atoms with Gasteiger partial charge in [0.25, 0.3) is 5.56 Å². The highest BCUT2D eigenvalue weighted by molar-refractivity contribution is 14.1. The first-order valence-corrected chi connectivity index (χ1v) is 6.62. The Balaban J connectivity index is 2.16. The molecule has 1 aliphatic carbocycles. The van der Waals surface area contributed by atoms with Crippen LogP contribution in [0.4, 0.5) is 0 Å². The molecule has 0 bridgehead atoms. The summed E-state index contributed by atoms with van der Waals surface area (Å²) in [5.41, 5.74) is -0.275. The van der Waals surface area contributed by atoms with Crippen molar-refractivity contribution in [2.75, 3.05) is 7.05 Å². The van der Waals surface area contributed by atoms with E-state index in [-0.39, 0.29) is 23.2 Å². The zero-order valence-electron chi connectivity index (χ0n) is 9.19. The van der Waals surface area contributed by atoms with Crippen LogP contribution >= 0.6 is 34.2 Å². The van der Waals surface area contributed by atoms with Crippen LogP contribution in [0.1, 0.15) is 12.8 Å². The molecule has 0 spiro atoms. The molecule has 1 saturated carbocycles. The predicted molar refractivity (Wildman–Crippen MR) is 72.0 cm³/mol. The number of amides is 1. The quantitative estimate of drug-likeness (QED) is 0.594. The Labute approximate surface area is 117 Å². The first-order chi connectivity index (χ1) is 8.00. The van der Waals surface area contributed by atoms with Gasteiger partial charge in [-0.15, -0.1) is 0 Å². The van der Waals surface area contributed by atoms with Gasteiger partial charge in [-0.25, -0.2) is 4.98 Å². The van der Waals surface area contributed by atoms with Crippen molar-refractivity contribution < 1.29 is 4.79 Å². The summed E-state index contributed by atoms with van der Waals surface area (Å²) in [6, 6.07) is 0.345. The van der Waals surface area contributed by atoms with E-state index in [1.807, 2.05) is 22.6 Å². The van der Waals surface area contributed by atoms with Gasteiger partial charge in [0.1, 0.15) is 15.3 Å². The van der Waals surface area contributed by atoms with Crippen molar-refractivity contribution in [2.24, 2.45) is 0 Å². The van der Waals surface area contributed by atoms with Gasteiger partial charge in [-0.2, -0.15) is 0 Å². The van der Waals surface area contributed by atoms with Gasteiger partial charge < -0.3 is 4.90 Å². The lowest BCUT2D eigenvalue weighted by Gasteiger charge is -2.16. The van der Waals surface area contributed by atoms with Crippen LogP contribution < -0.4 is 5.56 Å². The number of rotatable bonds is 3. The lowest BCUT2D eigenvalue weighted by molar-refractivity contribution is -0.131. The molecule has 1 amide bonds. The largest absolute Gasteiger partial charge is 0.341 e. The van der Waals surface area contributed by atoms with E-state index in [0.29, 0.717) is 9.61 Å². The van der Waals surface area contributed by atoms with E-state index in [2.05, 4.69) is 4.98 Å². The van der Waals surface area contributed by atoms with Crippen molar-refractivity contribution in [3.05, 3.63) is 25.4 Å². The first-order valence-electron chi connectivity index (χ1n) is 5.17. The summed E-state index contributed by atoms with van der Waals surface area (Å²) in [5, 5.41) is 0.176. The summed E-state index contributed by atoms with van der Waals surface area (Å²) in [6.07, 6.45) is 3.41. The monoisotopic (exact) mass is 367 g/mol. The van der Waals surface area contributed by atoms with Crippen molar-refractivity contribution in [1.82, 2.24) is 14.5 Å². The van der Waals surface area contributed by atoms with E-state index in [4.69, 9.17) is 11.6 Å². The number of hydrogen-bond acceptors (Lipinski definition) is 3. The molecule has 92 valence electrons. The fraction of sp³-hybridized carbons (Fsp3) is 0.500. The number of likely N-dealkylation sites (N-methyl/N-ethyl adjacent to an activating group) is 1. The Bertz CT molecular complexity index is 513. The first kappa shape index (κ1) is 12.8. The highest BCUT2D eigenvalue weighted by Crippen LogP contribution is 2.25. The number of hydrogen-bond donors (Lipinski definition) is 0. The number of halogens is 2. The Morgan fingerprint density at radius 3 is 2.94 bits per heavy atom. The molecule has 7 heteroatoms. The van der Waals surface area contributed by atoms with Gasteiger partial charge in [0, 0.05) is 13.1 Å². The van der Waals surface area contributed by atoms with Crippen LogP contribution in [-0.4, -0.2) is 33.4 Å². The highest BCUT2D eigenvalue weighted by Gasteiger charge is 2.29. The normalized spacial score (nSPS) is 14.8. The smallest absolute Gasteiger partial charge is 0.268 e. The maximum atomic E-state index is 11.8. The minimum atomic E-state index is -0.275. The summed E-state index contributed by atoms with van der Waals surface area (Å²) in [6.45, 7) is 0.0198. The molecule has 0 radical (unpaired) electrons. The van der Waals surface area contributed by atoms with E-state index in [1.165, 1.54) is 10.9 Å². The molecule has 17 heavy (non-hydrogen) atoms. The number of nitrogens with zero attached hydrogens (tertiary/aromatic N) is 3. The number of aromatic nitrogens is 2. The zero-order chi connectivity index (χ0) is 12.6. The molecule has 0 saturated heterocycles. The summed E-state index contributed by atoms with van der Waals surface area (Å²) in [7, 11) is 1.76. The van der Waals surface area contributed by atoms with E-state index in [1.54, 1.807) is 11.9 Å². The van der Waals surface area contributed by atoms with Crippen molar-refractivity contribution in [3.8, 4) is 0 Å². The molecule has 0 atom stereocenters. The minimum absolute atomic E-state index is 0.0198. The topological polar surface area (TPSA) is 55.2 Å². The lowest BCUT2D eigenvalue weighted by Crippen LogP contribution is -2.35. The van der Waals surface area contributed by atoms with Crippen LogP contribution in [0.15, 0.2) is 11.1 Å². The summed E-state index contributed by atoms with van der Waals surface area (Å²) >= 11 is 7.55. The maximum Gasteiger partial charge on any atom is 0.268 e. The molecular weight excluding hydrogens is 356 g/mol. The Kier molecular flexibility index (Phi) is 3.72. The molecule has 0 aromatic carbocycles. The third-order valence-electron chi connectivity index (χ3n) is 2.73. The lowest BCUT2D eigenvalue weighted by atomic mass is 10.4. The molecule has 0 N–H and O–H groups in total. The minimum Gasteiger partial charge on any atom is -0.341 e. The fourth-order valence-corrected chi connectivity index (χ4v) is 2.05. The maximum absolute atomic E-state index is 11.8. The van der Waals surface area contributed by atoms with E-state index < -0.39 is 0 Å². The highest BCUT2D eigenvalue weighted by atomic mass is 127. The van der Waals surface area contributed by atoms with Crippen LogP contribution in [0, 0.1) is 3.57 Å². The van der Waals surface area contributed by atoms with E-state index >= 15 is 0 Å².